The minimum Gasteiger partial charge on any atom is -0.441 e. The molecule has 0 bridgehead atoms. The minimum atomic E-state index is -3.06. The molecule has 2 aromatic heterocycles. The highest BCUT2D eigenvalue weighted by atomic mass is 19.3. The number of hydrogen-bond donors (Lipinski definition) is 1. The van der Waals surface area contributed by atoms with Gasteiger partial charge < -0.3 is 9.84 Å². The van der Waals surface area contributed by atoms with Crippen molar-refractivity contribution in [2.24, 2.45) is 0 Å². The van der Waals surface area contributed by atoms with E-state index in [9.17, 15) is 23.1 Å². The molecule has 1 aliphatic heterocycles. The largest absolute Gasteiger partial charge is 0.441 e. The zero-order valence-electron chi connectivity index (χ0n) is 16.9. The number of carbonyl (C=O) groups is 1. The zero-order chi connectivity index (χ0) is 22.8. The van der Waals surface area contributed by atoms with Gasteiger partial charge >= 0.3 is 6.09 Å². The number of alkyl halides is 2. The number of carbonyl (C=O) groups excluding carboxylic acids is 1. The molecule has 1 amide bonds. The van der Waals surface area contributed by atoms with E-state index in [1.54, 1.807) is 12.1 Å². The fourth-order valence-corrected chi connectivity index (χ4v) is 3.27. The number of tetrazole rings is 1. The number of benzene rings is 1. The fourth-order valence-electron chi connectivity index (χ4n) is 3.27. The Balaban J connectivity index is 1.51. The summed E-state index contributed by atoms with van der Waals surface area (Å²) < 4.78 is 44.9. The summed E-state index contributed by atoms with van der Waals surface area (Å²) in [6, 6.07) is 7.30. The Kier molecular flexibility index (Phi) is 6.04. The third-order valence-electron chi connectivity index (χ3n) is 4.92. The molecule has 1 fully saturated rings. The van der Waals surface area contributed by atoms with Crippen LogP contribution in [0.2, 0.25) is 0 Å². The van der Waals surface area contributed by atoms with E-state index < -0.39 is 30.5 Å². The number of anilines is 1. The number of halogens is 3. The van der Waals surface area contributed by atoms with Gasteiger partial charge in [-0.05, 0) is 35.9 Å². The van der Waals surface area contributed by atoms with Gasteiger partial charge in [0.15, 0.2) is 12.2 Å². The molecule has 1 N–H and O–H groups in total. The first-order chi connectivity index (χ1) is 15.4. The molecule has 2 atom stereocenters. The molecule has 168 valence electrons. The van der Waals surface area contributed by atoms with Crippen LogP contribution in [0.1, 0.15) is 13.3 Å². The molecule has 0 aliphatic carbocycles. The maximum absolute atomic E-state index is 14.8. The monoisotopic (exact) mass is 448 g/mol. The van der Waals surface area contributed by atoms with E-state index in [0.29, 0.717) is 23.6 Å². The molecule has 1 saturated heterocycles. The Labute approximate surface area is 180 Å². The maximum Gasteiger partial charge on any atom is 0.414 e. The second-order valence-electron chi connectivity index (χ2n) is 7.16. The van der Waals surface area contributed by atoms with Crippen LogP contribution in [-0.2, 0) is 11.3 Å². The van der Waals surface area contributed by atoms with Crippen molar-refractivity contribution >= 4 is 11.8 Å². The molecular formula is C20H19F3N6O3. The van der Waals surface area contributed by atoms with Crippen LogP contribution in [0.4, 0.5) is 23.7 Å². The molecule has 1 aromatic carbocycles. The van der Waals surface area contributed by atoms with Gasteiger partial charge in [-0.1, -0.05) is 13.0 Å². The van der Waals surface area contributed by atoms with Crippen molar-refractivity contribution in [1.82, 2.24) is 25.2 Å². The van der Waals surface area contributed by atoms with Crippen LogP contribution < -0.4 is 4.90 Å². The molecule has 32 heavy (non-hydrogen) atoms. The van der Waals surface area contributed by atoms with Crippen LogP contribution in [0.15, 0.2) is 36.5 Å². The quantitative estimate of drug-likeness (QED) is 0.592. The smallest absolute Gasteiger partial charge is 0.414 e. The van der Waals surface area contributed by atoms with E-state index in [1.807, 2.05) is 6.92 Å². The van der Waals surface area contributed by atoms with Gasteiger partial charge in [-0.15, -0.1) is 10.2 Å². The predicted molar refractivity (Wildman–Crippen MR) is 106 cm³/mol. The summed E-state index contributed by atoms with van der Waals surface area (Å²) in [5.41, 5.74) is 1.32. The van der Waals surface area contributed by atoms with Gasteiger partial charge in [0.25, 0.3) is 6.43 Å². The lowest BCUT2D eigenvalue weighted by Gasteiger charge is -2.16. The molecule has 4 rings (SSSR count). The van der Waals surface area contributed by atoms with Gasteiger partial charge in [0, 0.05) is 17.3 Å². The number of cyclic esters (lactones) is 1. The summed E-state index contributed by atoms with van der Waals surface area (Å²) in [5.74, 6) is -0.288. The third kappa shape index (κ3) is 4.26. The first-order valence-electron chi connectivity index (χ1n) is 9.86. The SMILES string of the molecule is CCCn1nnc(-c2ccc(-c3ccc(N4CC(C(O)C(F)F)OC4=O)cc3F)cn2)n1. The molecular weight excluding hydrogens is 429 g/mol. The van der Waals surface area contributed by atoms with Crippen molar-refractivity contribution in [3.8, 4) is 22.6 Å². The lowest BCUT2D eigenvalue weighted by molar-refractivity contribution is -0.0641. The number of nitrogens with zero attached hydrogens (tertiary/aromatic N) is 6. The highest BCUT2D eigenvalue weighted by molar-refractivity contribution is 5.90. The number of aryl methyl sites for hydroxylation is 1. The lowest BCUT2D eigenvalue weighted by atomic mass is 10.1. The van der Waals surface area contributed by atoms with Crippen LogP contribution in [-0.4, -0.2) is 61.6 Å². The summed E-state index contributed by atoms with van der Waals surface area (Å²) in [6.07, 6.45) is -5.18. The van der Waals surface area contributed by atoms with Crippen molar-refractivity contribution in [2.75, 3.05) is 11.4 Å². The van der Waals surface area contributed by atoms with Gasteiger partial charge in [0.2, 0.25) is 5.82 Å². The predicted octanol–water partition coefficient (Wildman–Crippen LogP) is 2.90. The normalized spacial score (nSPS) is 17.1. The summed E-state index contributed by atoms with van der Waals surface area (Å²) in [4.78, 5) is 18.7. The lowest BCUT2D eigenvalue weighted by Crippen LogP contribution is -2.36. The second kappa shape index (κ2) is 8.91. The number of pyridine rings is 1. The number of aromatic nitrogens is 5. The van der Waals surface area contributed by atoms with Gasteiger partial charge in [-0.25, -0.2) is 18.0 Å². The summed E-state index contributed by atoms with van der Waals surface area (Å²) in [6.45, 7) is 2.31. The Morgan fingerprint density at radius 3 is 2.75 bits per heavy atom. The van der Waals surface area contributed by atoms with Crippen LogP contribution in [0, 0.1) is 5.82 Å². The molecule has 0 saturated carbocycles. The summed E-state index contributed by atoms with van der Waals surface area (Å²) >= 11 is 0. The van der Waals surface area contributed by atoms with Crippen LogP contribution in [0.3, 0.4) is 0 Å². The standard InChI is InChI=1S/C20H19F3N6O3/c1-2-7-29-26-19(25-27-29)15-6-3-11(9-24-15)13-5-4-12(8-14(13)21)28-10-16(32-20(28)31)17(30)18(22)23/h3-6,8-9,16-18,30H,2,7,10H2,1H3. The minimum absolute atomic E-state index is 0.126. The van der Waals surface area contributed by atoms with E-state index in [2.05, 4.69) is 20.4 Å². The van der Waals surface area contributed by atoms with Crippen molar-refractivity contribution in [3.63, 3.8) is 0 Å². The van der Waals surface area contributed by atoms with Crippen LogP contribution in [0.5, 0.6) is 0 Å². The highest BCUT2D eigenvalue weighted by Gasteiger charge is 2.40. The Bertz CT molecular complexity index is 1110. The Hall–Kier alpha value is -3.54. The molecule has 2 unspecified atom stereocenters. The van der Waals surface area contributed by atoms with E-state index >= 15 is 0 Å². The fraction of sp³-hybridized carbons (Fsp3) is 0.350. The van der Waals surface area contributed by atoms with Crippen LogP contribution >= 0.6 is 0 Å². The third-order valence-corrected chi connectivity index (χ3v) is 4.92. The first kappa shape index (κ1) is 21.7. The highest BCUT2D eigenvalue weighted by Crippen LogP contribution is 2.30. The first-order valence-corrected chi connectivity index (χ1v) is 9.86. The molecule has 0 spiro atoms. The van der Waals surface area contributed by atoms with Gasteiger partial charge in [0.1, 0.15) is 11.5 Å². The summed E-state index contributed by atoms with van der Waals surface area (Å²) in [5, 5.41) is 21.5. The van der Waals surface area contributed by atoms with Crippen molar-refractivity contribution in [2.45, 2.75) is 38.5 Å². The molecule has 3 aromatic rings. The van der Waals surface area contributed by atoms with E-state index in [1.165, 1.54) is 23.1 Å². The van der Waals surface area contributed by atoms with Gasteiger partial charge in [0.05, 0.1) is 18.8 Å². The van der Waals surface area contributed by atoms with Gasteiger partial charge in [-0.3, -0.25) is 9.88 Å². The number of amides is 1. The molecule has 1 aliphatic rings. The molecule has 12 heteroatoms. The average Bonchev–Trinajstić information content (AvgIpc) is 3.40. The van der Waals surface area contributed by atoms with E-state index in [-0.39, 0.29) is 17.8 Å². The number of aliphatic hydroxyl groups is 1. The van der Waals surface area contributed by atoms with Crippen LogP contribution in [0.25, 0.3) is 22.6 Å². The Morgan fingerprint density at radius 1 is 1.28 bits per heavy atom. The van der Waals surface area contributed by atoms with Crippen molar-refractivity contribution < 1.29 is 27.8 Å². The van der Waals surface area contributed by atoms with Crippen molar-refractivity contribution in [3.05, 3.63) is 42.3 Å². The topological polar surface area (TPSA) is 106 Å². The number of aliphatic hydroxyl groups excluding tert-OH is 1. The zero-order valence-corrected chi connectivity index (χ0v) is 16.9. The maximum atomic E-state index is 14.8. The number of ether oxygens (including phenoxy) is 1. The number of rotatable bonds is 7. The molecule has 3 heterocycles. The second-order valence-corrected chi connectivity index (χ2v) is 7.16. The average molecular weight is 448 g/mol. The van der Waals surface area contributed by atoms with E-state index in [0.717, 1.165) is 17.4 Å². The number of hydrogen-bond acceptors (Lipinski definition) is 7. The molecule has 0 radical (unpaired) electrons. The summed E-state index contributed by atoms with van der Waals surface area (Å²) in [7, 11) is 0. The Morgan fingerprint density at radius 2 is 2.09 bits per heavy atom. The van der Waals surface area contributed by atoms with E-state index in [4.69, 9.17) is 4.74 Å². The van der Waals surface area contributed by atoms with Crippen molar-refractivity contribution in [1.29, 1.82) is 0 Å². The molecule has 9 nitrogen and oxygen atoms in total. The van der Waals surface area contributed by atoms with Gasteiger partial charge in [-0.2, -0.15) is 4.80 Å².